The number of hydrogen-bond acceptors (Lipinski definition) is 7. The minimum absolute atomic E-state index is 0.0294. The quantitative estimate of drug-likeness (QED) is 0.408. The average molecular weight is 528 g/mol. The Morgan fingerprint density at radius 3 is 2.67 bits per heavy atom. The maximum Gasteiger partial charge on any atom is 0.251 e. The van der Waals surface area contributed by atoms with E-state index in [1.165, 1.54) is 11.3 Å². The summed E-state index contributed by atoms with van der Waals surface area (Å²) in [7, 11) is 2.13. The van der Waals surface area contributed by atoms with Crippen LogP contribution in [0.4, 0.5) is 17.5 Å². The normalized spacial score (nSPS) is 18.3. The summed E-state index contributed by atoms with van der Waals surface area (Å²) < 4.78 is 3.87. The van der Waals surface area contributed by atoms with Gasteiger partial charge in [-0.15, -0.1) is 0 Å². The van der Waals surface area contributed by atoms with Crippen LogP contribution in [0.25, 0.3) is 5.65 Å². The van der Waals surface area contributed by atoms with E-state index in [0.29, 0.717) is 12.1 Å². The maximum absolute atomic E-state index is 13.0. The molecule has 10 heteroatoms. The van der Waals surface area contributed by atoms with Crippen molar-refractivity contribution >= 4 is 29.0 Å². The minimum Gasteiger partial charge on any atom is -0.354 e. The van der Waals surface area contributed by atoms with Crippen LogP contribution in [0, 0.1) is 0 Å². The molecule has 1 atom stereocenters. The lowest BCUT2D eigenvalue weighted by Gasteiger charge is -2.34. The second kappa shape index (κ2) is 10.00. The summed E-state index contributed by atoms with van der Waals surface area (Å²) in [5.74, 6) is 2.45. The Morgan fingerprint density at radius 1 is 1.05 bits per heavy atom. The molecule has 39 heavy (non-hydrogen) atoms. The zero-order chi connectivity index (χ0) is 27.1. The maximum atomic E-state index is 13.0. The first kappa shape index (κ1) is 25.4. The van der Waals surface area contributed by atoms with Crippen molar-refractivity contribution in [2.75, 3.05) is 36.9 Å². The van der Waals surface area contributed by atoms with Crippen molar-refractivity contribution in [1.82, 2.24) is 34.6 Å². The van der Waals surface area contributed by atoms with Crippen LogP contribution in [0.1, 0.15) is 55.2 Å². The van der Waals surface area contributed by atoms with Crippen molar-refractivity contribution in [2.45, 2.75) is 58.2 Å². The Hall–Kier alpha value is -3.92. The van der Waals surface area contributed by atoms with Crippen molar-refractivity contribution in [1.29, 1.82) is 0 Å². The highest BCUT2D eigenvalue weighted by Crippen LogP contribution is 2.26. The molecule has 0 bridgehead atoms. The lowest BCUT2D eigenvalue weighted by atomic mass is 9.86. The Bertz CT molecular complexity index is 1480. The lowest BCUT2D eigenvalue weighted by Crippen LogP contribution is -2.48. The number of carbonyl (C=O) groups excluding carboxylic acids is 1. The highest BCUT2D eigenvalue weighted by molar-refractivity contribution is 5.94. The number of benzene rings is 1. The number of piperidine rings is 1. The standard InChI is InChI=1S/C29H37N9O/c1-29(2,3)21-9-7-20(8-10-21)28(39)31-22-6-5-13-36(18-22)26-17-27(38-25(33-26)11-12-30-38)32-24-16-23-19-35(4)14-15-37(23)34-24/h7-12,16-17,22H,5-6,13-15,18-19H2,1-4H3,(H,31,39)(H,32,34)/t22-/m1/s1. The predicted octanol–water partition coefficient (Wildman–Crippen LogP) is 3.81. The van der Waals surface area contributed by atoms with E-state index in [-0.39, 0.29) is 17.4 Å². The molecule has 0 aliphatic carbocycles. The molecular weight excluding hydrogens is 490 g/mol. The molecule has 204 valence electrons. The molecule has 1 aromatic carbocycles. The van der Waals surface area contributed by atoms with E-state index in [2.05, 4.69) is 76.2 Å². The number of nitrogens with zero attached hydrogens (tertiary/aromatic N) is 7. The van der Waals surface area contributed by atoms with Gasteiger partial charge in [0.1, 0.15) is 11.6 Å². The van der Waals surface area contributed by atoms with Crippen molar-refractivity contribution in [3.63, 3.8) is 0 Å². The van der Waals surface area contributed by atoms with Crippen LogP contribution in [0.3, 0.4) is 0 Å². The Balaban J connectivity index is 1.18. The Kier molecular flexibility index (Phi) is 6.50. The van der Waals surface area contributed by atoms with E-state index >= 15 is 0 Å². The molecule has 0 unspecified atom stereocenters. The number of aromatic nitrogens is 5. The van der Waals surface area contributed by atoms with Crippen LogP contribution < -0.4 is 15.5 Å². The fourth-order valence-electron chi connectivity index (χ4n) is 5.43. The van der Waals surface area contributed by atoms with Crippen molar-refractivity contribution in [3.05, 3.63) is 65.5 Å². The third-order valence-electron chi connectivity index (χ3n) is 7.68. The summed E-state index contributed by atoms with van der Waals surface area (Å²) in [6.45, 7) is 10.9. The van der Waals surface area contributed by atoms with Gasteiger partial charge in [0.2, 0.25) is 0 Å². The van der Waals surface area contributed by atoms with Gasteiger partial charge in [0.05, 0.1) is 18.4 Å². The third-order valence-corrected chi connectivity index (χ3v) is 7.68. The average Bonchev–Trinajstić information content (AvgIpc) is 3.55. The first-order valence-electron chi connectivity index (χ1n) is 13.8. The summed E-state index contributed by atoms with van der Waals surface area (Å²) >= 11 is 0. The van der Waals surface area contributed by atoms with E-state index < -0.39 is 0 Å². The summed E-state index contributed by atoms with van der Waals surface area (Å²) in [5, 5.41) is 16.0. The summed E-state index contributed by atoms with van der Waals surface area (Å²) in [5.41, 5.74) is 3.93. The van der Waals surface area contributed by atoms with E-state index in [1.54, 1.807) is 10.7 Å². The van der Waals surface area contributed by atoms with Gasteiger partial charge in [-0.3, -0.25) is 14.4 Å². The van der Waals surface area contributed by atoms with E-state index in [9.17, 15) is 4.79 Å². The Morgan fingerprint density at radius 2 is 1.87 bits per heavy atom. The van der Waals surface area contributed by atoms with E-state index in [1.807, 2.05) is 24.3 Å². The van der Waals surface area contributed by atoms with Crippen LogP contribution in [-0.2, 0) is 18.5 Å². The number of amides is 1. The fourth-order valence-corrected chi connectivity index (χ4v) is 5.43. The van der Waals surface area contributed by atoms with Crippen LogP contribution in [0.2, 0.25) is 0 Å². The second-order valence-corrected chi connectivity index (χ2v) is 11.8. The SMILES string of the molecule is CN1CCn2nc(Nc3cc(N4CCC[C@@H](NC(=O)c5ccc(C(C)(C)C)cc5)C4)nc4ccnn34)cc2C1. The number of nitrogens with one attached hydrogen (secondary N) is 2. The molecule has 1 saturated heterocycles. The van der Waals surface area contributed by atoms with Gasteiger partial charge in [0.15, 0.2) is 11.5 Å². The first-order valence-corrected chi connectivity index (χ1v) is 13.8. The molecule has 0 radical (unpaired) electrons. The molecule has 0 saturated carbocycles. The minimum atomic E-state index is -0.0294. The summed E-state index contributed by atoms with van der Waals surface area (Å²) in [6.07, 6.45) is 3.68. The predicted molar refractivity (Wildman–Crippen MR) is 153 cm³/mol. The number of carbonyl (C=O) groups is 1. The number of hydrogen-bond donors (Lipinski definition) is 2. The van der Waals surface area contributed by atoms with Crippen LogP contribution >= 0.6 is 0 Å². The zero-order valence-electron chi connectivity index (χ0n) is 23.2. The summed E-state index contributed by atoms with van der Waals surface area (Å²) in [6, 6.07) is 14.0. The van der Waals surface area contributed by atoms with E-state index in [4.69, 9.17) is 10.1 Å². The summed E-state index contributed by atoms with van der Waals surface area (Å²) in [4.78, 5) is 22.5. The highest BCUT2D eigenvalue weighted by Gasteiger charge is 2.25. The molecule has 1 amide bonds. The molecule has 0 spiro atoms. The topological polar surface area (TPSA) is 95.6 Å². The molecule has 5 heterocycles. The second-order valence-electron chi connectivity index (χ2n) is 11.8. The van der Waals surface area contributed by atoms with Crippen LogP contribution in [-0.4, -0.2) is 67.9 Å². The Labute approximate surface area is 229 Å². The van der Waals surface area contributed by atoms with Gasteiger partial charge in [-0.2, -0.15) is 14.7 Å². The smallest absolute Gasteiger partial charge is 0.251 e. The number of anilines is 3. The number of likely N-dealkylation sites (N-methyl/N-ethyl adjacent to an activating group) is 1. The molecule has 10 nitrogen and oxygen atoms in total. The molecule has 2 aliphatic rings. The van der Waals surface area contributed by atoms with Gasteiger partial charge in [-0.05, 0) is 43.0 Å². The third kappa shape index (κ3) is 5.34. The molecule has 2 aliphatic heterocycles. The van der Waals surface area contributed by atoms with E-state index in [0.717, 1.165) is 62.1 Å². The van der Waals surface area contributed by atoms with Gasteiger partial charge in [0.25, 0.3) is 5.91 Å². The molecule has 2 N–H and O–H groups in total. The van der Waals surface area contributed by atoms with Gasteiger partial charge < -0.3 is 15.5 Å². The van der Waals surface area contributed by atoms with Gasteiger partial charge in [-0.25, -0.2) is 4.98 Å². The van der Waals surface area contributed by atoms with Gasteiger partial charge in [-0.1, -0.05) is 32.9 Å². The first-order chi connectivity index (χ1) is 18.7. The molecule has 1 fully saturated rings. The van der Waals surface area contributed by atoms with Crippen LogP contribution in [0.15, 0.2) is 48.7 Å². The van der Waals surface area contributed by atoms with Crippen molar-refractivity contribution < 1.29 is 4.79 Å². The number of rotatable bonds is 5. The highest BCUT2D eigenvalue weighted by atomic mass is 16.1. The fraction of sp³-hybridized carbons (Fsp3) is 0.448. The van der Waals surface area contributed by atoms with Gasteiger partial charge in [0, 0.05) is 56.0 Å². The molecular formula is C29H37N9O. The van der Waals surface area contributed by atoms with Crippen LogP contribution in [0.5, 0.6) is 0 Å². The monoisotopic (exact) mass is 527 g/mol. The molecule has 6 rings (SSSR count). The zero-order valence-corrected chi connectivity index (χ0v) is 23.2. The van der Waals surface area contributed by atoms with Crippen molar-refractivity contribution in [2.24, 2.45) is 0 Å². The molecule has 4 aromatic rings. The molecule has 3 aromatic heterocycles. The van der Waals surface area contributed by atoms with Crippen molar-refractivity contribution in [3.8, 4) is 0 Å². The lowest BCUT2D eigenvalue weighted by molar-refractivity contribution is 0.0933. The largest absolute Gasteiger partial charge is 0.354 e. The number of fused-ring (bicyclic) bond motifs is 2. The van der Waals surface area contributed by atoms with Gasteiger partial charge >= 0.3 is 0 Å².